The standard InChI is InChI=1S/C15H24OS/c1-2-13-9-11-15(17-13)14(16)10-8-12-6-4-3-5-7-12/h9,11-12,14,16H,2-8,10H2,1H3. The van der Waals surface area contributed by atoms with Crippen LogP contribution in [0.1, 0.15) is 67.7 Å². The van der Waals surface area contributed by atoms with Crippen molar-refractivity contribution in [2.24, 2.45) is 5.92 Å². The zero-order chi connectivity index (χ0) is 12.1. The van der Waals surface area contributed by atoms with Crippen LogP contribution in [0.2, 0.25) is 0 Å². The smallest absolute Gasteiger partial charge is 0.0882 e. The van der Waals surface area contributed by atoms with Gasteiger partial charge in [0.1, 0.15) is 0 Å². The van der Waals surface area contributed by atoms with Gasteiger partial charge in [-0.1, -0.05) is 39.0 Å². The van der Waals surface area contributed by atoms with E-state index in [1.54, 1.807) is 11.3 Å². The summed E-state index contributed by atoms with van der Waals surface area (Å²) in [6, 6.07) is 4.26. The molecule has 0 saturated heterocycles. The Hall–Kier alpha value is -0.340. The lowest BCUT2D eigenvalue weighted by molar-refractivity contribution is 0.154. The highest BCUT2D eigenvalue weighted by molar-refractivity contribution is 7.12. The van der Waals surface area contributed by atoms with Crippen molar-refractivity contribution in [3.05, 3.63) is 21.9 Å². The van der Waals surface area contributed by atoms with Crippen LogP contribution in [0, 0.1) is 5.92 Å². The molecule has 0 spiro atoms. The third kappa shape index (κ3) is 3.82. The second-order valence-corrected chi connectivity index (χ2v) is 6.45. The van der Waals surface area contributed by atoms with Gasteiger partial charge in [-0.3, -0.25) is 0 Å². The first-order chi connectivity index (χ1) is 8.29. The molecule has 1 saturated carbocycles. The maximum atomic E-state index is 10.2. The maximum absolute atomic E-state index is 10.2. The largest absolute Gasteiger partial charge is 0.388 e. The minimum absolute atomic E-state index is 0.220. The van der Waals surface area contributed by atoms with Gasteiger partial charge in [-0.05, 0) is 37.3 Å². The van der Waals surface area contributed by atoms with E-state index in [9.17, 15) is 5.11 Å². The lowest BCUT2D eigenvalue weighted by Gasteiger charge is -2.22. The van der Waals surface area contributed by atoms with Crippen molar-refractivity contribution in [1.82, 2.24) is 0 Å². The first-order valence-corrected chi connectivity index (χ1v) is 7.88. The van der Waals surface area contributed by atoms with Crippen LogP contribution in [0.4, 0.5) is 0 Å². The number of thiophene rings is 1. The highest BCUT2D eigenvalue weighted by Crippen LogP contribution is 2.32. The molecule has 0 amide bonds. The van der Waals surface area contributed by atoms with Crippen molar-refractivity contribution < 1.29 is 5.11 Å². The topological polar surface area (TPSA) is 20.2 Å². The number of aryl methyl sites for hydroxylation is 1. The Morgan fingerprint density at radius 1 is 1.29 bits per heavy atom. The van der Waals surface area contributed by atoms with Crippen molar-refractivity contribution in [2.45, 2.75) is 64.4 Å². The van der Waals surface area contributed by atoms with Crippen LogP contribution in [0.15, 0.2) is 12.1 Å². The van der Waals surface area contributed by atoms with Crippen LogP contribution < -0.4 is 0 Å². The molecule has 1 aliphatic carbocycles. The van der Waals surface area contributed by atoms with Crippen molar-refractivity contribution in [3.63, 3.8) is 0 Å². The summed E-state index contributed by atoms with van der Waals surface area (Å²) in [7, 11) is 0. The summed E-state index contributed by atoms with van der Waals surface area (Å²) in [6.45, 7) is 2.17. The van der Waals surface area contributed by atoms with Gasteiger partial charge in [-0.25, -0.2) is 0 Å². The van der Waals surface area contributed by atoms with Crippen molar-refractivity contribution in [1.29, 1.82) is 0 Å². The van der Waals surface area contributed by atoms with Crippen molar-refractivity contribution in [2.75, 3.05) is 0 Å². The van der Waals surface area contributed by atoms with Gasteiger partial charge in [0.15, 0.2) is 0 Å². The Labute approximate surface area is 109 Å². The fourth-order valence-electron chi connectivity index (χ4n) is 2.78. The molecule has 2 heteroatoms. The molecule has 1 fully saturated rings. The zero-order valence-electron chi connectivity index (χ0n) is 10.8. The van der Waals surface area contributed by atoms with E-state index >= 15 is 0 Å². The molecule has 1 heterocycles. The molecule has 1 unspecified atom stereocenters. The van der Waals surface area contributed by atoms with Crippen molar-refractivity contribution in [3.8, 4) is 0 Å². The van der Waals surface area contributed by atoms with E-state index < -0.39 is 0 Å². The third-order valence-electron chi connectivity index (χ3n) is 3.93. The monoisotopic (exact) mass is 252 g/mol. The molecule has 1 nitrogen and oxygen atoms in total. The second kappa shape index (κ2) is 6.55. The van der Waals surface area contributed by atoms with Crippen LogP contribution in [-0.4, -0.2) is 5.11 Å². The van der Waals surface area contributed by atoms with Gasteiger partial charge < -0.3 is 5.11 Å². The van der Waals surface area contributed by atoms with Crippen LogP contribution in [0.3, 0.4) is 0 Å². The predicted octanol–water partition coefficient (Wildman–Crippen LogP) is 4.70. The molecule has 0 aromatic carbocycles. The molecule has 2 rings (SSSR count). The molecule has 17 heavy (non-hydrogen) atoms. The lowest BCUT2D eigenvalue weighted by Crippen LogP contribution is -2.08. The summed E-state index contributed by atoms with van der Waals surface area (Å²) in [5.41, 5.74) is 0. The molecule has 1 N–H and O–H groups in total. The first kappa shape index (κ1) is 13.1. The number of hydrogen-bond donors (Lipinski definition) is 1. The SMILES string of the molecule is CCc1ccc(C(O)CCC2CCCCC2)s1. The van der Waals surface area contributed by atoms with Gasteiger partial charge in [0, 0.05) is 9.75 Å². The molecule has 0 aliphatic heterocycles. The Morgan fingerprint density at radius 2 is 2.06 bits per heavy atom. The van der Waals surface area contributed by atoms with E-state index in [4.69, 9.17) is 0 Å². The summed E-state index contributed by atoms with van der Waals surface area (Å²) in [5, 5.41) is 10.2. The molecule has 1 atom stereocenters. The molecule has 1 aromatic heterocycles. The first-order valence-electron chi connectivity index (χ1n) is 7.06. The van der Waals surface area contributed by atoms with Gasteiger partial charge in [0.2, 0.25) is 0 Å². The van der Waals surface area contributed by atoms with Gasteiger partial charge in [-0.2, -0.15) is 0 Å². The summed E-state index contributed by atoms with van der Waals surface area (Å²) in [6.07, 6.45) is 10.0. The summed E-state index contributed by atoms with van der Waals surface area (Å²) in [5.74, 6) is 0.879. The Morgan fingerprint density at radius 3 is 2.71 bits per heavy atom. The highest BCUT2D eigenvalue weighted by Gasteiger charge is 2.16. The molecule has 1 aromatic rings. The summed E-state index contributed by atoms with van der Waals surface area (Å²) < 4.78 is 0. The van der Waals surface area contributed by atoms with E-state index in [1.165, 1.54) is 43.4 Å². The normalized spacial score (nSPS) is 19.4. The van der Waals surface area contributed by atoms with Gasteiger partial charge in [0.05, 0.1) is 6.10 Å². The van der Waals surface area contributed by atoms with E-state index in [1.807, 2.05) is 0 Å². The number of aliphatic hydroxyl groups excluding tert-OH is 1. The Bertz CT molecular complexity index is 325. The van der Waals surface area contributed by atoms with Crippen molar-refractivity contribution >= 4 is 11.3 Å². The van der Waals surface area contributed by atoms with Gasteiger partial charge in [0.25, 0.3) is 0 Å². The molecule has 96 valence electrons. The molecular weight excluding hydrogens is 228 g/mol. The minimum Gasteiger partial charge on any atom is -0.388 e. The van der Waals surface area contributed by atoms with Gasteiger partial charge in [-0.15, -0.1) is 11.3 Å². The molecule has 0 bridgehead atoms. The fourth-order valence-corrected chi connectivity index (χ4v) is 3.75. The average molecular weight is 252 g/mol. The Kier molecular flexibility index (Phi) is 5.05. The molecule has 0 radical (unpaired) electrons. The minimum atomic E-state index is -0.220. The van der Waals surface area contributed by atoms with Crippen LogP contribution in [0.5, 0.6) is 0 Å². The predicted molar refractivity (Wildman–Crippen MR) is 74.5 cm³/mol. The second-order valence-electron chi connectivity index (χ2n) is 5.25. The summed E-state index contributed by atoms with van der Waals surface area (Å²) >= 11 is 1.78. The number of rotatable bonds is 5. The highest BCUT2D eigenvalue weighted by atomic mass is 32.1. The quantitative estimate of drug-likeness (QED) is 0.805. The van der Waals surface area contributed by atoms with E-state index in [-0.39, 0.29) is 6.10 Å². The molecular formula is C15H24OS. The van der Waals surface area contributed by atoms with Crippen LogP contribution in [-0.2, 0) is 6.42 Å². The van der Waals surface area contributed by atoms with E-state index in [2.05, 4.69) is 19.1 Å². The fraction of sp³-hybridized carbons (Fsp3) is 0.733. The van der Waals surface area contributed by atoms with Crippen LogP contribution in [0.25, 0.3) is 0 Å². The number of hydrogen-bond acceptors (Lipinski definition) is 2. The van der Waals surface area contributed by atoms with E-state index in [0.717, 1.165) is 23.6 Å². The average Bonchev–Trinajstić information content (AvgIpc) is 2.86. The van der Waals surface area contributed by atoms with Gasteiger partial charge >= 0.3 is 0 Å². The maximum Gasteiger partial charge on any atom is 0.0882 e. The molecule has 1 aliphatic rings. The third-order valence-corrected chi connectivity index (χ3v) is 5.26. The summed E-state index contributed by atoms with van der Waals surface area (Å²) in [4.78, 5) is 2.55. The van der Waals surface area contributed by atoms with E-state index in [0.29, 0.717) is 0 Å². The number of aliphatic hydroxyl groups is 1. The Balaban J connectivity index is 1.77. The zero-order valence-corrected chi connectivity index (χ0v) is 11.6. The van der Waals surface area contributed by atoms with Crippen LogP contribution >= 0.6 is 11.3 Å². The lowest BCUT2D eigenvalue weighted by atomic mass is 9.85.